The molecule has 27 nitrogen and oxygen atoms in total. The molecule has 12 heterocycles. The maximum Gasteiger partial charge on any atom is 0.417 e. The molecule has 0 aliphatic carbocycles. The van der Waals surface area contributed by atoms with Crippen molar-refractivity contribution < 1.29 is 46.2 Å². The number of likely N-dealkylation sites (tertiary alicyclic amines) is 3. The van der Waals surface area contributed by atoms with Crippen molar-refractivity contribution in [2.24, 2.45) is 0 Å². The van der Waals surface area contributed by atoms with Crippen LogP contribution < -0.4 is 43.6 Å². The Labute approximate surface area is 841 Å². The van der Waals surface area contributed by atoms with E-state index in [0.717, 1.165) is 156 Å². The summed E-state index contributed by atoms with van der Waals surface area (Å²) in [5, 5.41) is 3.02. The van der Waals surface area contributed by atoms with Crippen LogP contribution in [0.3, 0.4) is 0 Å². The van der Waals surface area contributed by atoms with E-state index in [2.05, 4.69) is 107 Å². The number of carbonyl (C=O) groups excluding carboxylic acids is 3. The molecule has 3 aromatic heterocycles. The number of piperazine rings is 3. The molecule has 9 aliphatic heterocycles. The smallest absolute Gasteiger partial charge is 0.417 e. The van der Waals surface area contributed by atoms with Crippen LogP contribution in [0.2, 0.25) is 10.0 Å². The third-order valence-electron chi connectivity index (χ3n) is 26.7. The fourth-order valence-corrected chi connectivity index (χ4v) is 20.4. The Kier molecular flexibility index (Phi) is 40.1. The average Bonchev–Trinajstić information content (AvgIpc) is 1.12. The SMILES string of the molecule is S.S.S.S.S.S.[C-]#[N+]C[C@H]1CN(c2nc(OC[C@@H]3CCCN3C)nc3c2CCN(c2cccc(Cl)c2CC)C3)CCN1C(=O)C=C.[C-]#[N+]C[C@H]1CN(c2nc(OC[C@@H]3CCCN3C)nc3c2CCN(c2cccc4cccc(F)c24)C3)CCN1C(=O)C=C.[C-]#[N+]C[C@H]1CN(c2nc(OC[C@@H]3CCCN3CC)nc3c2CCN(c2cccc4cc(Cl)c(C(F)(F)F)cc24)C3)CCN1C(=O)C=C. The quantitative estimate of drug-likeness (QED) is 0.0331. The number of aromatic nitrogens is 6. The summed E-state index contributed by atoms with van der Waals surface area (Å²) in [5.41, 5.74) is 8.59. The van der Waals surface area contributed by atoms with Gasteiger partial charge in [-0.3, -0.25) is 19.3 Å². The minimum absolute atomic E-state index is 0. The molecule has 8 aromatic rings. The summed E-state index contributed by atoms with van der Waals surface area (Å²) >= 11 is 12.6. The van der Waals surface area contributed by atoms with Crippen LogP contribution in [0.25, 0.3) is 36.1 Å². The van der Waals surface area contributed by atoms with Gasteiger partial charge in [-0.15, -0.1) is 0 Å². The highest BCUT2D eigenvalue weighted by atomic mass is 35.5. The third-order valence-corrected chi connectivity index (χ3v) is 27.4. The summed E-state index contributed by atoms with van der Waals surface area (Å²) in [4.78, 5) is 103. The van der Waals surface area contributed by atoms with E-state index in [-0.39, 0.29) is 159 Å². The average molecular weight is 2010 g/mol. The van der Waals surface area contributed by atoms with Crippen LogP contribution in [0.5, 0.6) is 18.0 Å². The van der Waals surface area contributed by atoms with E-state index in [0.29, 0.717) is 176 Å². The van der Waals surface area contributed by atoms with Gasteiger partial charge in [0.05, 0.1) is 47.3 Å². The summed E-state index contributed by atoms with van der Waals surface area (Å²) in [6.45, 7) is 51.9. The number of halogens is 6. The first kappa shape index (κ1) is 109. The number of nitrogens with zero attached hydrogens (tertiary/aromatic N) is 21. The normalized spacial score (nSPS) is 19.8. The van der Waals surface area contributed by atoms with E-state index in [1.165, 1.54) is 36.8 Å². The zero-order valence-electron chi connectivity index (χ0n) is 76.8. The van der Waals surface area contributed by atoms with Gasteiger partial charge in [0.15, 0.2) is 0 Å². The summed E-state index contributed by atoms with van der Waals surface area (Å²) in [7, 11) is 4.25. The van der Waals surface area contributed by atoms with Crippen molar-refractivity contribution in [3.05, 3.63) is 218 Å². The van der Waals surface area contributed by atoms with Gasteiger partial charge in [-0.25, -0.2) is 24.1 Å². The van der Waals surface area contributed by atoms with Gasteiger partial charge in [0.1, 0.15) is 61.2 Å². The largest absolute Gasteiger partial charge is 0.462 e. The van der Waals surface area contributed by atoms with E-state index in [9.17, 15) is 27.6 Å². The number of alkyl halides is 3. The van der Waals surface area contributed by atoms with Gasteiger partial charge in [-0.2, -0.15) is 124 Å². The molecule has 0 saturated carbocycles. The van der Waals surface area contributed by atoms with Gasteiger partial charge < -0.3 is 82.6 Å². The number of anilines is 6. The van der Waals surface area contributed by atoms with Gasteiger partial charge >= 0.3 is 24.2 Å². The molecule has 0 unspecified atom stereocenters. The van der Waals surface area contributed by atoms with Crippen molar-refractivity contribution in [1.29, 1.82) is 0 Å². The molecule has 135 heavy (non-hydrogen) atoms. The van der Waals surface area contributed by atoms with Crippen molar-refractivity contribution in [3.63, 3.8) is 0 Å². The lowest BCUT2D eigenvalue weighted by Gasteiger charge is -2.41. The monoisotopic (exact) mass is 2000 g/mol. The van der Waals surface area contributed by atoms with Crippen molar-refractivity contribution in [3.8, 4) is 18.0 Å². The Bertz CT molecular complexity index is 5650. The van der Waals surface area contributed by atoms with E-state index < -0.39 is 11.7 Å². The molecule has 6 saturated heterocycles. The van der Waals surface area contributed by atoms with Crippen LogP contribution in [-0.4, -0.2) is 272 Å². The first-order valence-electron chi connectivity index (χ1n) is 44.8. The highest BCUT2D eigenvalue weighted by molar-refractivity contribution is 7.60. The molecule has 0 N–H and O–H groups in total. The van der Waals surface area contributed by atoms with Crippen LogP contribution in [0.4, 0.5) is 52.1 Å². The molecule has 39 heteroatoms. The molecule has 0 bridgehead atoms. The molecule has 726 valence electrons. The fraction of sp³-hybridized carbons (Fsp3) is 0.479. The number of amides is 3. The van der Waals surface area contributed by atoms with Crippen molar-refractivity contribution in [2.75, 3.05) is 188 Å². The van der Waals surface area contributed by atoms with E-state index >= 15 is 4.39 Å². The van der Waals surface area contributed by atoms with Gasteiger partial charge in [0.2, 0.25) is 37.4 Å². The number of hydrogen-bond donors (Lipinski definition) is 0. The van der Waals surface area contributed by atoms with Crippen molar-refractivity contribution in [2.45, 2.75) is 140 Å². The molecule has 17 rings (SSSR count). The number of fused-ring (bicyclic) bond motifs is 5. The predicted octanol–water partition coefficient (Wildman–Crippen LogP) is 14.3. The summed E-state index contributed by atoms with van der Waals surface area (Å²) in [6, 6.07) is 26.1. The second-order valence-electron chi connectivity index (χ2n) is 34.3. The first-order chi connectivity index (χ1) is 62.5. The molecule has 3 amide bonds. The first-order valence-corrected chi connectivity index (χ1v) is 45.5. The number of benzene rings is 5. The highest BCUT2D eigenvalue weighted by Crippen LogP contribution is 2.44. The van der Waals surface area contributed by atoms with E-state index in [1.807, 2.05) is 53.4 Å². The lowest BCUT2D eigenvalue weighted by atomic mass is 10.00. The Morgan fingerprint density at radius 1 is 0.467 bits per heavy atom. The lowest BCUT2D eigenvalue weighted by Crippen LogP contribution is -2.56. The molecular formula is C96H123Cl2F4N21O6S6. The Hall–Kier alpha value is -9.56. The number of hydrogen-bond acceptors (Lipinski definition) is 21. The van der Waals surface area contributed by atoms with E-state index in [4.69, 9.17) is 87.0 Å². The number of likely N-dealkylation sites (N-methyl/N-ethyl adjacent to an activating group) is 3. The fourth-order valence-electron chi connectivity index (χ4n) is 19.8. The molecular weight excluding hydrogens is 1880 g/mol. The van der Waals surface area contributed by atoms with Crippen molar-refractivity contribution in [1.82, 2.24) is 59.3 Å². The maximum atomic E-state index is 15.0. The Balaban J connectivity index is 0.000000223. The van der Waals surface area contributed by atoms with Crippen LogP contribution in [0, 0.1) is 25.5 Å². The minimum atomic E-state index is -4.58. The highest BCUT2D eigenvalue weighted by Gasteiger charge is 2.42. The second-order valence-corrected chi connectivity index (χ2v) is 35.1. The molecule has 6 atom stereocenters. The van der Waals surface area contributed by atoms with Crippen LogP contribution in [-0.2, 0) is 65.9 Å². The standard InChI is InChI=1S/C34H37ClF3N7O2.C32H36FN7O2.C30H38ClN7O2.6H2S/c1-4-31(46)45-15-14-44(19-24(45)18-39-3)32-25-11-13-43(20-29(25)40-33(41-32)47-21-23-9-7-12-42(23)5-2)30-10-6-8-22-16-28(35)27(17-26(22)30)34(36,37)38;1-4-29(41)40-17-16-39(19-24(40)18-34-2)31-25-13-15-38(28-12-6-9-22-8-5-11-26(33)30(22)28)20-27(25)35-32(36-31)42-21-23-10-7-14-37(23)3;1-5-23-25(31)10-7-11-27(23)36-14-12-24-26(19-36)33-30(40-20-21-9-8-13-35(21)4)34-29(24)37-15-16-38(28(39)6-2)22(18-37)17-32-3;;;;;;/h4,6,8,10,16-17,23-24H,1,5,7,9,11-15,18-21H2,2H3;4-6,8-9,11-12,23-24H,1,7,10,13-21H2,3H3;6-7,10-11,21-22H,2,5,8-9,12-20H2,1,4H3;6*1H2/t2*23-,24-;21-,22-;;;;;;/m000....../s1. The summed E-state index contributed by atoms with van der Waals surface area (Å²) in [6.07, 6.45) is 8.85. The Morgan fingerprint density at radius 3 is 1.26 bits per heavy atom. The minimum Gasteiger partial charge on any atom is -0.462 e. The summed E-state index contributed by atoms with van der Waals surface area (Å²) < 4.78 is 75.3. The summed E-state index contributed by atoms with van der Waals surface area (Å²) in [5.74, 6) is 1.65. The zero-order valence-corrected chi connectivity index (χ0v) is 84.3. The van der Waals surface area contributed by atoms with Crippen LogP contribution >= 0.6 is 104 Å². The topological polar surface area (TPSA) is 208 Å². The van der Waals surface area contributed by atoms with Crippen LogP contribution in [0.15, 0.2) is 123 Å². The lowest BCUT2D eigenvalue weighted by molar-refractivity contribution is -0.137. The van der Waals surface area contributed by atoms with Gasteiger partial charge in [0, 0.05) is 146 Å². The molecule has 6 fully saturated rings. The molecule has 0 radical (unpaired) electrons. The maximum absolute atomic E-state index is 15.0. The molecule has 9 aliphatic rings. The predicted molar refractivity (Wildman–Crippen MR) is 558 cm³/mol. The van der Waals surface area contributed by atoms with E-state index in [1.54, 1.807) is 26.8 Å². The van der Waals surface area contributed by atoms with Crippen molar-refractivity contribution >= 4 is 178 Å². The number of carbonyl (C=O) groups is 3. The second kappa shape index (κ2) is 49.6. The number of rotatable bonds is 23. The van der Waals surface area contributed by atoms with Gasteiger partial charge in [0.25, 0.3) is 0 Å². The Morgan fingerprint density at radius 2 is 0.852 bits per heavy atom. The molecule has 0 spiro atoms. The van der Waals surface area contributed by atoms with Crippen LogP contribution in [0.1, 0.15) is 97.3 Å². The van der Waals surface area contributed by atoms with Gasteiger partial charge in [-0.05, 0) is 182 Å². The van der Waals surface area contributed by atoms with Gasteiger partial charge in [-0.1, -0.05) is 99.3 Å². The molecule has 5 aromatic carbocycles. The zero-order chi connectivity index (χ0) is 90.7. The number of ether oxygens (including phenoxy) is 3. The third kappa shape index (κ3) is 24.8.